The van der Waals surface area contributed by atoms with Crippen LogP contribution < -0.4 is 5.32 Å². The van der Waals surface area contributed by atoms with Crippen molar-refractivity contribution in [3.8, 4) is 0 Å². The van der Waals surface area contributed by atoms with Gasteiger partial charge in [-0.2, -0.15) is 0 Å². The Bertz CT molecular complexity index is 335. The molecular weight excluding hydrogens is 298 g/mol. The minimum Gasteiger partial charge on any atom is -0.444 e. The molecule has 2 atom stereocenters. The minimum atomic E-state index is -0.421. The molecule has 0 aromatic heterocycles. The molecule has 3 nitrogen and oxygen atoms in total. The SMILES string of the molecule is CC1CCCCCCCCCCCCC(NC(=O)OC(C)(C)C)C1. The van der Waals surface area contributed by atoms with E-state index < -0.39 is 5.60 Å². The number of nitrogens with one attached hydrogen (secondary N) is 1. The third-order valence-corrected chi connectivity index (χ3v) is 4.91. The number of hydrogen-bond acceptors (Lipinski definition) is 2. The number of carbonyl (C=O) groups is 1. The van der Waals surface area contributed by atoms with E-state index in [0.29, 0.717) is 5.92 Å². The van der Waals surface area contributed by atoms with Gasteiger partial charge < -0.3 is 10.1 Å². The maximum atomic E-state index is 12.1. The first-order valence-corrected chi connectivity index (χ1v) is 10.4. The first-order chi connectivity index (χ1) is 11.4. The first-order valence-electron chi connectivity index (χ1n) is 10.4. The molecule has 0 aromatic carbocycles. The van der Waals surface area contributed by atoms with E-state index in [0.717, 1.165) is 12.8 Å². The van der Waals surface area contributed by atoms with Crippen molar-refractivity contribution in [3.63, 3.8) is 0 Å². The van der Waals surface area contributed by atoms with E-state index in [4.69, 9.17) is 4.74 Å². The molecule has 1 aliphatic rings. The first kappa shape index (κ1) is 21.3. The quantitative estimate of drug-likeness (QED) is 0.584. The summed E-state index contributed by atoms with van der Waals surface area (Å²) in [5.74, 6) is 0.676. The van der Waals surface area contributed by atoms with Crippen LogP contribution in [0.25, 0.3) is 0 Å². The maximum absolute atomic E-state index is 12.1. The van der Waals surface area contributed by atoms with Crippen molar-refractivity contribution >= 4 is 6.09 Å². The summed E-state index contributed by atoms with van der Waals surface area (Å²) in [6.07, 6.45) is 16.8. The monoisotopic (exact) mass is 339 g/mol. The van der Waals surface area contributed by atoms with Crippen LogP contribution in [0.15, 0.2) is 0 Å². The molecule has 1 rings (SSSR count). The molecule has 0 aliphatic heterocycles. The number of carbonyl (C=O) groups excluding carboxylic acids is 1. The van der Waals surface area contributed by atoms with Crippen LogP contribution in [0.5, 0.6) is 0 Å². The molecule has 142 valence electrons. The van der Waals surface area contributed by atoms with Gasteiger partial charge in [0.2, 0.25) is 0 Å². The molecule has 1 amide bonds. The van der Waals surface area contributed by atoms with Gasteiger partial charge in [-0.15, -0.1) is 0 Å². The lowest BCUT2D eigenvalue weighted by atomic mass is 9.93. The summed E-state index contributed by atoms with van der Waals surface area (Å²) < 4.78 is 5.45. The van der Waals surface area contributed by atoms with Crippen LogP contribution in [0.2, 0.25) is 0 Å². The summed E-state index contributed by atoms with van der Waals surface area (Å²) in [7, 11) is 0. The Labute approximate surface area is 150 Å². The fourth-order valence-electron chi connectivity index (χ4n) is 3.62. The van der Waals surface area contributed by atoms with Crippen molar-refractivity contribution in [2.75, 3.05) is 0 Å². The van der Waals surface area contributed by atoms with E-state index in [2.05, 4.69) is 12.2 Å². The molecule has 2 unspecified atom stereocenters. The van der Waals surface area contributed by atoms with Crippen LogP contribution in [0.1, 0.15) is 111 Å². The van der Waals surface area contributed by atoms with E-state index in [1.807, 2.05) is 20.8 Å². The molecule has 0 saturated heterocycles. The summed E-state index contributed by atoms with van der Waals surface area (Å²) in [6.45, 7) is 8.10. The van der Waals surface area contributed by atoms with Gasteiger partial charge in [0, 0.05) is 6.04 Å². The lowest BCUT2D eigenvalue weighted by Crippen LogP contribution is -2.40. The number of rotatable bonds is 1. The van der Waals surface area contributed by atoms with Crippen molar-refractivity contribution in [2.24, 2.45) is 5.92 Å². The molecule has 3 heteroatoms. The Morgan fingerprint density at radius 3 is 1.79 bits per heavy atom. The third kappa shape index (κ3) is 11.8. The number of ether oxygens (including phenoxy) is 1. The van der Waals surface area contributed by atoms with Gasteiger partial charge in [0.25, 0.3) is 0 Å². The molecule has 0 radical (unpaired) electrons. The molecule has 0 aromatic rings. The van der Waals surface area contributed by atoms with Gasteiger partial charge in [0.05, 0.1) is 0 Å². The molecule has 0 spiro atoms. The average Bonchev–Trinajstić information content (AvgIpc) is 2.46. The smallest absolute Gasteiger partial charge is 0.407 e. The number of amides is 1. The predicted molar refractivity (Wildman–Crippen MR) is 102 cm³/mol. The Balaban J connectivity index is 2.49. The second-order valence-corrected chi connectivity index (χ2v) is 8.80. The minimum absolute atomic E-state index is 0.252. The van der Waals surface area contributed by atoms with Crippen LogP contribution in [0, 0.1) is 5.92 Å². The van der Waals surface area contributed by atoms with Gasteiger partial charge >= 0.3 is 6.09 Å². The molecular formula is C21H41NO2. The normalized spacial score (nSPS) is 26.0. The Morgan fingerprint density at radius 2 is 1.29 bits per heavy atom. The van der Waals surface area contributed by atoms with Crippen molar-refractivity contribution < 1.29 is 9.53 Å². The summed E-state index contributed by atoms with van der Waals surface area (Å²) in [6, 6.07) is 0.264. The zero-order valence-electron chi connectivity index (χ0n) is 16.7. The summed E-state index contributed by atoms with van der Waals surface area (Å²) in [5, 5.41) is 3.14. The van der Waals surface area contributed by atoms with Crippen LogP contribution in [-0.4, -0.2) is 17.7 Å². The zero-order chi connectivity index (χ0) is 17.8. The van der Waals surface area contributed by atoms with E-state index in [1.165, 1.54) is 70.6 Å². The number of hydrogen-bond donors (Lipinski definition) is 1. The van der Waals surface area contributed by atoms with Gasteiger partial charge in [-0.3, -0.25) is 0 Å². The Hall–Kier alpha value is -0.730. The molecule has 1 fully saturated rings. The van der Waals surface area contributed by atoms with E-state index in [-0.39, 0.29) is 12.1 Å². The fourth-order valence-corrected chi connectivity index (χ4v) is 3.62. The summed E-state index contributed by atoms with van der Waals surface area (Å²) in [4.78, 5) is 12.1. The second kappa shape index (κ2) is 11.8. The molecule has 0 bridgehead atoms. The highest BCUT2D eigenvalue weighted by Crippen LogP contribution is 2.21. The van der Waals surface area contributed by atoms with Gasteiger partial charge in [0.15, 0.2) is 0 Å². The fraction of sp³-hybridized carbons (Fsp3) is 0.952. The van der Waals surface area contributed by atoms with Crippen LogP contribution in [0.4, 0.5) is 4.79 Å². The Kier molecular flexibility index (Phi) is 10.4. The lowest BCUT2D eigenvalue weighted by Gasteiger charge is -2.25. The number of alkyl carbamates (subject to hydrolysis) is 1. The standard InChI is InChI=1S/C21H41NO2/c1-18-15-13-11-9-7-5-6-8-10-12-14-16-19(17-18)22-20(23)24-21(2,3)4/h18-19H,5-17H2,1-4H3,(H,22,23). The predicted octanol–water partition coefficient (Wildman–Crippen LogP) is 6.60. The van der Waals surface area contributed by atoms with Crippen molar-refractivity contribution in [1.29, 1.82) is 0 Å². The topological polar surface area (TPSA) is 38.3 Å². The van der Waals surface area contributed by atoms with Crippen LogP contribution in [0.3, 0.4) is 0 Å². The van der Waals surface area contributed by atoms with Gasteiger partial charge in [-0.05, 0) is 39.5 Å². The van der Waals surface area contributed by atoms with Gasteiger partial charge in [-0.1, -0.05) is 77.6 Å². The molecule has 24 heavy (non-hydrogen) atoms. The summed E-state index contributed by atoms with van der Waals surface area (Å²) >= 11 is 0. The van der Waals surface area contributed by atoms with E-state index in [1.54, 1.807) is 0 Å². The largest absolute Gasteiger partial charge is 0.444 e. The van der Waals surface area contributed by atoms with Gasteiger partial charge in [0.1, 0.15) is 5.60 Å². The zero-order valence-corrected chi connectivity index (χ0v) is 16.7. The molecule has 1 saturated carbocycles. The highest BCUT2D eigenvalue weighted by atomic mass is 16.6. The molecule has 0 heterocycles. The average molecular weight is 340 g/mol. The third-order valence-electron chi connectivity index (χ3n) is 4.91. The Morgan fingerprint density at radius 1 is 0.833 bits per heavy atom. The van der Waals surface area contributed by atoms with Crippen LogP contribution >= 0.6 is 0 Å². The van der Waals surface area contributed by atoms with E-state index in [9.17, 15) is 4.79 Å². The highest BCUT2D eigenvalue weighted by Gasteiger charge is 2.20. The maximum Gasteiger partial charge on any atom is 0.407 e. The highest BCUT2D eigenvalue weighted by molar-refractivity contribution is 5.68. The molecule has 1 N–H and O–H groups in total. The summed E-state index contributed by atoms with van der Waals surface area (Å²) in [5.41, 5.74) is -0.421. The lowest BCUT2D eigenvalue weighted by molar-refractivity contribution is 0.0494. The van der Waals surface area contributed by atoms with Gasteiger partial charge in [-0.25, -0.2) is 4.79 Å². The molecule has 1 aliphatic carbocycles. The van der Waals surface area contributed by atoms with Crippen molar-refractivity contribution in [2.45, 2.75) is 123 Å². The van der Waals surface area contributed by atoms with Crippen molar-refractivity contribution in [3.05, 3.63) is 0 Å². The van der Waals surface area contributed by atoms with Crippen LogP contribution in [-0.2, 0) is 4.74 Å². The van der Waals surface area contributed by atoms with Crippen molar-refractivity contribution in [1.82, 2.24) is 5.32 Å². The second-order valence-electron chi connectivity index (χ2n) is 8.80. The van der Waals surface area contributed by atoms with E-state index >= 15 is 0 Å².